The molecule has 0 saturated carbocycles. The first kappa shape index (κ1) is 19.9. The van der Waals surface area contributed by atoms with Crippen molar-refractivity contribution in [2.75, 3.05) is 39.3 Å². The van der Waals surface area contributed by atoms with Gasteiger partial charge in [-0.25, -0.2) is 0 Å². The Balaban J connectivity index is 1.31. The lowest BCUT2D eigenvalue weighted by molar-refractivity contribution is 0.0578. The van der Waals surface area contributed by atoms with E-state index in [9.17, 15) is 14.4 Å². The molecule has 0 radical (unpaired) electrons. The highest BCUT2D eigenvalue weighted by Gasteiger charge is 2.35. The van der Waals surface area contributed by atoms with Gasteiger partial charge in [0.05, 0.1) is 21.7 Å². The van der Waals surface area contributed by atoms with Crippen LogP contribution in [-0.4, -0.2) is 71.7 Å². The Bertz CT molecular complexity index is 952. The standard InChI is InChI=1S/C21H19Cl2N3O3/c22-14-5-6-17(18(23)13-14)19(27)25-10-7-24(8-11-25)9-12-26-20(28)15-3-1-2-4-16(15)21(26)29/h1-6,13H,7-12H2. The third kappa shape index (κ3) is 3.88. The molecule has 2 aromatic rings. The van der Waals surface area contributed by atoms with Crippen molar-refractivity contribution in [2.24, 2.45) is 0 Å². The van der Waals surface area contributed by atoms with E-state index in [0.717, 1.165) is 0 Å². The van der Waals surface area contributed by atoms with Crippen LogP contribution in [0.2, 0.25) is 10.0 Å². The normalized spacial score (nSPS) is 17.0. The molecule has 0 spiro atoms. The zero-order valence-corrected chi connectivity index (χ0v) is 17.1. The number of carbonyl (C=O) groups excluding carboxylic acids is 3. The lowest BCUT2D eigenvalue weighted by Crippen LogP contribution is -2.50. The third-order valence-corrected chi connectivity index (χ3v) is 5.89. The Morgan fingerprint density at radius 2 is 1.48 bits per heavy atom. The van der Waals surface area contributed by atoms with Crippen molar-refractivity contribution >= 4 is 40.9 Å². The molecule has 6 nitrogen and oxygen atoms in total. The Hall–Kier alpha value is -2.41. The molecule has 8 heteroatoms. The molecule has 1 fully saturated rings. The summed E-state index contributed by atoms with van der Waals surface area (Å²) in [5.41, 5.74) is 1.37. The summed E-state index contributed by atoms with van der Waals surface area (Å²) < 4.78 is 0. The monoisotopic (exact) mass is 431 g/mol. The number of piperazine rings is 1. The number of halogens is 2. The molecule has 0 atom stereocenters. The third-order valence-electron chi connectivity index (χ3n) is 5.34. The van der Waals surface area contributed by atoms with Gasteiger partial charge in [0, 0.05) is 44.3 Å². The van der Waals surface area contributed by atoms with E-state index < -0.39 is 0 Å². The van der Waals surface area contributed by atoms with E-state index in [-0.39, 0.29) is 17.7 Å². The molecular weight excluding hydrogens is 413 g/mol. The van der Waals surface area contributed by atoms with Crippen LogP contribution < -0.4 is 0 Å². The van der Waals surface area contributed by atoms with Crippen LogP contribution >= 0.6 is 23.2 Å². The summed E-state index contributed by atoms with van der Waals surface area (Å²) in [5.74, 6) is -0.597. The van der Waals surface area contributed by atoms with E-state index in [2.05, 4.69) is 4.90 Å². The van der Waals surface area contributed by atoms with Gasteiger partial charge in [-0.2, -0.15) is 0 Å². The smallest absolute Gasteiger partial charge is 0.261 e. The second-order valence-corrected chi connectivity index (χ2v) is 7.91. The molecule has 0 unspecified atom stereocenters. The van der Waals surface area contributed by atoms with Crippen molar-refractivity contribution in [3.8, 4) is 0 Å². The molecule has 0 bridgehead atoms. The fraction of sp³-hybridized carbons (Fsp3) is 0.286. The Morgan fingerprint density at radius 3 is 2.07 bits per heavy atom. The summed E-state index contributed by atoms with van der Waals surface area (Å²) in [6, 6.07) is 11.7. The second-order valence-electron chi connectivity index (χ2n) is 7.07. The molecular formula is C21H19Cl2N3O3. The number of hydrogen-bond donors (Lipinski definition) is 0. The van der Waals surface area contributed by atoms with Crippen molar-refractivity contribution in [2.45, 2.75) is 0 Å². The predicted molar refractivity (Wildman–Crippen MR) is 111 cm³/mol. The van der Waals surface area contributed by atoms with Crippen molar-refractivity contribution in [1.82, 2.24) is 14.7 Å². The minimum Gasteiger partial charge on any atom is -0.336 e. The number of benzene rings is 2. The van der Waals surface area contributed by atoms with Gasteiger partial charge in [0.15, 0.2) is 0 Å². The van der Waals surface area contributed by atoms with Gasteiger partial charge in [-0.1, -0.05) is 35.3 Å². The first-order valence-electron chi connectivity index (χ1n) is 9.37. The first-order chi connectivity index (χ1) is 14.0. The highest BCUT2D eigenvalue weighted by molar-refractivity contribution is 6.36. The molecule has 0 aromatic heterocycles. The molecule has 0 N–H and O–H groups in total. The number of nitrogens with zero attached hydrogens (tertiary/aromatic N) is 3. The van der Waals surface area contributed by atoms with Crippen molar-refractivity contribution < 1.29 is 14.4 Å². The summed E-state index contributed by atoms with van der Waals surface area (Å²) in [4.78, 5) is 42.8. The van der Waals surface area contributed by atoms with E-state index in [1.54, 1.807) is 47.4 Å². The van der Waals surface area contributed by atoms with Crippen LogP contribution in [0.3, 0.4) is 0 Å². The molecule has 29 heavy (non-hydrogen) atoms. The molecule has 2 aliphatic heterocycles. The molecule has 2 aromatic carbocycles. The van der Waals surface area contributed by atoms with Gasteiger partial charge in [0.1, 0.15) is 0 Å². The molecule has 1 saturated heterocycles. The van der Waals surface area contributed by atoms with Crippen LogP contribution in [-0.2, 0) is 0 Å². The molecule has 0 aliphatic carbocycles. The van der Waals surface area contributed by atoms with Crippen LogP contribution in [0.15, 0.2) is 42.5 Å². The predicted octanol–water partition coefficient (Wildman–Crippen LogP) is 3.05. The van der Waals surface area contributed by atoms with E-state index in [1.807, 2.05) is 0 Å². The van der Waals surface area contributed by atoms with Gasteiger partial charge >= 0.3 is 0 Å². The van der Waals surface area contributed by atoms with E-state index >= 15 is 0 Å². The van der Waals surface area contributed by atoms with Gasteiger partial charge in [0.25, 0.3) is 17.7 Å². The van der Waals surface area contributed by atoms with Crippen molar-refractivity contribution in [3.05, 3.63) is 69.2 Å². The van der Waals surface area contributed by atoms with Crippen molar-refractivity contribution in [3.63, 3.8) is 0 Å². The number of fused-ring (bicyclic) bond motifs is 1. The average molecular weight is 432 g/mol. The first-order valence-corrected chi connectivity index (χ1v) is 10.1. The quantitative estimate of drug-likeness (QED) is 0.697. The fourth-order valence-electron chi connectivity index (χ4n) is 3.69. The average Bonchev–Trinajstić information content (AvgIpc) is 2.97. The number of carbonyl (C=O) groups is 3. The molecule has 150 valence electrons. The number of imide groups is 1. The van der Waals surface area contributed by atoms with E-state index in [0.29, 0.717) is 66.0 Å². The maximum Gasteiger partial charge on any atom is 0.261 e. The maximum atomic E-state index is 12.7. The number of rotatable bonds is 4. The molecule has 2 aliphatic rings. The lowest BCUT2D eigenvalue weighted by atomic mass is 10.1. The van der Waals surface area contributed by atoms with Gasteiger partial charge in [0.2, 0.25) is 0 Å². The summed E-state index contributed by atoms with van der Waals surface area (Å²) in [7, 11) is 0. The second kappa shape index (κ2) is 8.14. The summed E-state index contributed by atoms with van der Waals surface area (Å²) in [6.45, 7) is 3.36. The highest BCUT2D eigenvalue weighted by Crippen LogP contribution is 2.24. The maximum absolute atomic E-state index is 12.7. The summed E-state index contributed by atoms with van der Waals surface area (Å²) in [5, 5.41) is 0.833. The van der Waals surface area contributed by atoms with E-state index in [4.69, 9.17) is 23.2 Å². The zero-order valence-electron chi connectivity index (χ0n) is 15.6. The Kier molecular flexibility index (Phi) is 5.58. The largest absolute Gasteiger partial charge is 0.336 e. The van der Waals surface area contributed by atoms with Crippen LogP contribution in [0.25, 0.3) is 0 Å². The van der Waals surface area contributed by atoms with E-state index in [1.165, 1.54) is 4.90 Å². The Labute approximate surface area is 178 Å². The van der Waals surface area contributed by atoms with Crippen LogP contribution in [0, 0.1) is 0 Å². The Morgan fingerprint density at radius 1 is 0.862 bits per heavy atom. The topological polar surface area (TPSA) is 60.9 Å². The van der Waals surface area contributed by atoms with Crippen LogP contribution in [0.4, 0.5) is 0 Å². The summed E-state index contributed by atoms with van der Waals surface area (Å²) >= 11 is 12.0. The number of hydrogen-bond acceptors (Lipinski definition) is 4. The fourth-order valence-corrected chi connectivity index (χ4v) is 4.18. The highest BCUT2D eigenvalue weighted by atomic mass is 35.5. The lowest BCUT2D eigenvalue weighted by Gasteiger charge is -2.35. The minimum absolute atomic E-state index is 0.119. The number of amides is 3. The van der Waals surface area contributed by atoms with Gasteiger partial charge in [-0.3, -0.25) is 24.2 Å². The molecule has 4 rings (SSSR count). The van der Waals surface area contributed by atoms with Gasteiger partial charge in [-0.15, -0.1) is 0 Å². The van der Waals surface area contributed by atoms with Gasteiger partial charge < -0.3 is 4.90 Å². The summed E-state index contributed by atoms with van der Waals surface area (Å²) in [6.07, 6.45) is 0. The van der Waals surface area contributed by atoms with Gasteiger partial charge in [-0.05, 0) is 30.3 Å². The molecule has 3 amide bonds. The minimum atomic E-state index is -0.239. The SMILES string of the molecule is O=C(c1ccc(Cl)cc1Cl)N1CCN(CCN2C(=O)c3ccccc3C2=O)CC1. The molecule has 2 heterocycles. The van der Waals surface area contributed by atoms with Crippen LogP contribution in [0.5, 0.6) is 0 Å². The zero-order chi connectivity index (χ0) is 20.5. The van der Waals surface area contributed by atoms with Crippen molar-refractivity contribution in [1.29, 1.82) is 0 Å². The van der Waals surface area contributed by atoms with Crippen LogP contribution in [0.1, 0.15) is 31.1 Å².